The largest absolute Gasteiger partial charge is 0.391 e. The zero-order valence-electron chi connectivity index (χ0n) is 12.2. The minimum atomic E-state index is -4.23. The third kappa shape index (κ3) is 4.18. The highest BCUT2D eigenvalue weighted by molar-refractivity contribution is 5.86. The molecule has 2 rings (SSSR count). The van der Waals surface area contributed by atoms with Crippen molar-refractivity contribution in [2.75, 3.05) is 5.43 Å². The normalized spacial score (nSPS) is 18.1. The van der Waals surface area contributed by atoms with Gasteiger partial charge in [0.2, 0.25) is 0 Å². The molecule has 8 nitrogen and oxygen atoms in total. The summed E-state index contributed by atoms with van der Waals surface area (Å²) in [7, 11) is 0. The number of hydrogen-bond acceptors (Lipinski definition) is 6. The molecule has 0 aromatic heterocycles. The third-order valence-corrected chi connectivity index (χ3v) is 3.75. The molecule has 0 saturated heterocycles. The Labute approximate surface area is 133 Å². The summed E-state index contributed by atoms with van der Waals surface area (Å²) in [4.78, 5) is 20.1. The van der Waals surface area contributed by atoms with Gasteiger partial charge in [-0.1, -0.05) is 0 Å². The summed E-state index contributed by atoms with van der Waals surface area (Å²) in [5, 5.41) is 25.5. The number of hydrogen-bond donors (Lipinski definition) is 1. The molecule has 0 unspecified atom stereocenters. The van der Waals surface area contributed by atoms with E-state index >= 15 is 0 Å². The van der Waals surface area contributed by atoms with Gasteiger partial charge in [-0.2, -0.15) is 18.3 Å². The number of nitrogens with one attached hydrogen (secondary N) is 1. The summed E-state index contributed by atoms with van der Waals surface area (Å²) in [5.41, 5.74) is 1.87. The molecule has 1 aliphatic rings. The Morgan fingerprint density at radius 2 is 1.75 bits per heavy atom. The van der Waals surface area contributed by atoms with Crippen molar-refractivity contribution in [1.82, 2.24) is 0 Å². The monoisotopic (exact) mass is 346 g/mol. The maximum absolute atomic E-state index is 12.6. The van der Waals surface area contributed by atoms with Crippen LogP contribution >= 0.6 is 0 Å². The molecule has 11 heteroatoms. The minimum Gasteiger partial charge on any atom is -0.272 e. The highest BCUT2D eigenvalue weighted by Gasteiger charge is 2.40. The van der Waals surface area contributed by atoms with Crippen LogP contribution < -0.4 is 5.43 Å². The second-order valence-electron chi connectivity index (χ2n) is 5.32. The molecule has 1 aromatic rings. The van der Waals surface area contributed by atoms with E-state index in [0.29, 0.717) is 5.71 Å². The van der Waals surface area contributed by atoms with Crippen LogP contribution in [0, 0.1) is 26.1 Å². The Morgan fingerprint density at radius 1 is 1.12 bits per heavy atom. The van der Waals surface area contributed by atoms with Gasteiger partial charge < -0.3 is 0 Å². The highest BCUT2D eigenvalue weighted by atomic mass is 19.4. The number of halogens is 3. The number of nitro benzene ring substituents is 2. The molecule has 24 heavy (non-hydrogen) atoms. The van der Waals surface area contributed by atoms with Crippen molar-refractivity contribution >= 4 is 22.8 Å². The fourth-order valence-corrected chi connectivity index (χ4v) is 2.41. The summed E-state index contributed by atoms with van der Waals surface area (Å²) in [6, 6.07) is 3.01. The standard InChI is InChI=1S/C13H13F3N4O4/c14-13(15,16)8-1-3-9(4-2-8)17-18-11-6-5-10(19(21)22)7-12(11)20(23)24/h5-8,18H,1-4H2. The van der Waals surface area contributed by atoms with Crippen LogP contribution in [0.3, 0.4) is 0 Å². The molecule has 1 fully saturated rings. The Morgan fingerprint density at radius 3 is 2.25 bits per heavy atom. The van der Waals surface area contributed by atoms with Gasteiger partial charge in [0.05, 0.1) is 21.8 Å². The van der Waals surface area contributed by atoms with Crippen molar-refractivity contribution in [1.29, 1.82) is 0 Å². The zero-order valence-corrected chi connectivity index (χ0v) is 12.2. The van der Waals surface area contributed by atoms with Crippen molar-refractivity contribution in [2.24, 2.45) is 11.0 Å². The van der Waals surface area contributed by atoms with E-state index in [9.17, 15) is 33.4 Å². The average Bonchev–Trinajstić information content (AvgIpc) is 2.52. The van der Waals surface area contributed by atoms with Gasteiger partial charge in [0, 0.05) is 11.8 Å². The van der Waals surface area contributed by atoms with Crippen LogP contribution in [0.1, 0.15) is 25.7 Å². The highest BCUT2D eigenvalue weighted by Crippen LogP contribution is 2.37. The van der Waals surface area contributed by atoms with Crippen molar-refractivity contribution < 1.29 is 23.0 Å². The van der Waals surface area contributed by atoms with Crippen LogP contribution in [-0.2, 0) is 0 Å². The van der Waals surface area contributed by atoms with Gasteiger partial charge in [-0.3, -0.25) is 25.7 Å². The zero-order chi connectivity index (χ0) is 17.9. The Hall–Kier alpha value is -2.72. The van der Waals surface area contributed by atoms with Crippen LogP contribution in [0.2, 0.25) is 0 Å². The van der Waals surface area contributed by atoms with Gasteiger partial charge in [0.25, 0.3) is 5.69 Å². The molecule has 130 valence electrons. The maximum Gasteiger partial charge on any atom is 0.391 e. The first-order chi connectivity index (χ1) is 11.2. The number of alkyl halides is 3. The molecule has 1 N–H and O–H groups in total. The number of rotatable bonds is 4. The van der Waals surface area contributed by atoms with E-state index in [1.807, 2.05) is 0 Å². The van der Waals surface area contributed by atoms with Crippen LogP contribution in [0.4, 0.5) is 30.2 Å². The average molecular weight is 346 g/mol. The maximum atomic E-state index is 12.6. The van der Waals surface area contributed by atoms with Crippen molar-refractivity contribution in [2.45, 2.75) is 31.9 Å². The van der Waals surface area contributed by atoms with E-state index < -0.39 is 33.3 Å². The first kappa shape index (κ1) is 17.6. The van der Waals surface area contributed by atoms with E-state index in [1.165, 1.54) is 0 Å². The molecule has 0 amide bonds. The van der Waals surface area contributed by atoms with E-state index in [0.717, 1.165) is 18.2 Å². The summed E-state index contributed by atoms with van der Waals surface area (Å²) in [6.45, 7) is 0. The Balaban J connectivity index is 2.09. The molecule has 0 aliphatic heterocycles. The van der Waals surface area contributed by atoms with Crippen LogP contribution in [-0.4, -0.2) is 21.7 Å². The molecular weight excluding hydrogens is 333 g/mol. The fraction of sp³-hybridized carbons (Fsp3) is 0.462. The number of nitrogens with zero attached hydrogens (tertiary/aromatic N) is 3. The Kier molecular flexibility index (Phi) is 5.00. The van der Waals surface area contributed by atoms with Crippen molar-refractivity contribution in [3.8, 4) is 0 Å². The molecule has 0 heterocycles. The lowest BCUT2D eigenvalue weighted by Crippen LogP contribution is -2.28. The molecule has 0 bridgehead atoms. The molecular formula is C13H13F3N4O4. The van der Waals surface area contributed by atoms with Crippen LogP contribution in [0.25, 0.3) is 0 Å². The molecule has 0 radical (unpaired) electrons. The van der Waals surface area contributed by atoms with Gasteiger partial charge in [-0.15, -0.1) is 0 Å². The smallest absolute Gasteiger partial charge is 0.272 e. The Bertz CT molecular complexity index is 680. The van der Waals surface area contributed by atoms with E-state index in [-0.39, 0.29) is 31.4 Å². The van der Waals surface area contributed by atoms with E-state index in [4.69, 9.17) is 0 Å². The molecule has 1 aliphatic carbocycles. The van der Waals surface area contributed by atoms with Gasteiger partial charge in [0.15, 0.2) is 0 Å². The molecule has 1 aromatic carbocycles. The second kappa shape index (κ2) is 6.81. The van der Waals surface area contributed by atoms with E-state index in [1.54, 1.807) is 0 Å². The number of hydrazone groups is 1. The van der Waals surface area contributed by atoms with Crippen LogP contribution in [0.15, 0.2) is 23.3 Å². The van der Waals surface area contributed by atoms with Crippen molar-refractivity contribution in [3.05, 3.63) is 38.4 Å². The summed E-state index contributed by atoms with van der Waals surface area (Å²) in [6.07, 6.45) is -4.11. The fourth-order valence-electron chi connectivity index (χ4n) is 2.41. The molecule has 0 spiro atoms. The predicted molar refractivity (Wildman–Crippen MR) is 78.8 cm³/mol. The molecule has 0 atom stereocenters. The number of anilines is 1. The van der Waals surface area contributed by atoms with Gasteiger partial charge in [0.1, 0.15) is 5.69 Å². The third-order valence-electron chi connectivity index (χ3n) is 3.75. The first-order valence-corrected chi connectivity index (χ1v) is 6.99. The summed E-state index contributed by atoms with van der Waals surface area (Å²) >= 11 is 0. The summed E-state index contributed by atoms with van der Waals surface area (Å²) in [5.74, 6) is -1.36. The van der Waals surface area contributed by atoms with Gasteiger partial charge in [-0.05, 0) is 31.7 Å². The van der Waals surface area contributed by atoms with Gasteiger partial charge >= 0.3 is 11.9 Å². The van der Waals surface area contributed by atoms with Crippen molar-refractivity contribution in [3.63, 3.8) is 0 Å². The lowest BCUT2D eigenvalue weighted by atomic mass is 9.87. The second-order valence-corrected chi connectivity index (χ2v) is 5.32. The lowest BCUT2D eigenvalue weighted by Gasteiger charge is -2.25. The first-order valence-electron chi connectivity index (χ1n) is 6.99. The van der Waals surface area contributed by atoms with Gasteiger partial charge in [-0.25, -0.2) is 0 Å². The minimum absolute atomic E-state index is 0.0592. The predicted octanol–water partition coefficient (Wildman–Crippen LogP) is 4.02. The lowest BCUT2D eigenvalue weighted by molar-refractivity contribution is -0.393. The number of nitro groups is 2. The van der Waals surface area contributed by atoms with E-state index in [2.05, 4.69) is 10.5 Å². The number of benzene rings is 1. The molecule has 1 saturated carbocycles. The topological polar surface area (TPSA) is 111 Å². The van der Waals surface area contributed by atoms with Crippen LogP contribution in [0.5, 0.6) is 0 Å². The number of non-ortho nitro benzene ring substituents is 1. The summed E-state index contributed by atoms with van der Waals surface area (Å²) < 4.78 is 37.7. The SMILES string of the molecule is O=[N+]([O-])c1ccc(NN=C2CCC(C(F)(F)F)CC2)c([N+](=O)[O-])c1. The quantitative estimate of drug-likeness (QED) is 0.654.